The van der Waals surface area contributed by atoms with Gasteiger partial charge in [-0.25, -0.2) is 9.59 Å². The van der Waals surface area contributed by atoms with Crippen LogP contribution >= 0.6 is 0 Å². The van der Waals surface area contributed by atoms with Crippen molar-refractivity contribution in [2.45, 2.75) is 51.2 Å². The molecule has 1 aromatic carbocycles. The number of ether oxygens (including phenoxy) is 2. The summed E-state index contributed by atoms with van der Waals surface area (Å²) in [4.78, 5) is 46.5. The summed E-state index contributed by atoms with van der Waals surface area (Å²) in [5.74, 6) is -2.18. The SMILES string of the molecule is COC(=O)c1cc(C(=O)O[C@@H](C)C(=O)NC2CCCCC2)cc([N+](=O)[O-])c1. The van der Waals surface area contributed by atoms with E-state index in [1.165, 1.54) is 6.92 Å². The number of non-ortho nitro benzene ring substituents is 1. The summed E-state index contributed by atoms with van der Waals surface area (Å²) >= 11 is 0. The van der Waals surface area contributed by atoms with E-state index in [9.17, 15) is 24.5 Å². The molecule has 1 amide bonds. The molecule has 1 aliphatic rings. The van der Waals surface area contributed by atoms with Gasteiger partial charge in [0.15, 0.2) is 6.10 Å². The number of hydrogen-bond acceptors (Lipinski definition) is 7. The van der Waals surface area contributed by atoms with Gasteiger partial charge in [-0.3, -0.25) is 14.9 Å². The molecule has 0 unspecified atom stereocenters. The Hall–Kier alpha value is -2.97. The lowest BCUT2D eigenvalue weighted by Gasteiger charge is -2.24. The second-order valence-electron chi connectivity index (χ2n) is 6.41. The second kappa shape index (κ2) is 9.11. The van der Waals surface area contributed by atoms with E-state index in [0.29, 0.717) is 0 Å². The Kier molecular flexibility index (Phi) is 6.86. The fourth-order valence-electron chi connectivity index (χ4n) is 2.92. The smallest absolute Gasteiger partial charge is 0.339 e. The van der Waals surface area contributed by atoms with Crippen molar-refractivity contribution < 1.29 is 28.8 Å². The van der Waals surface area contributed by atoms with Crippen molar-refractivity contribution in [1.82, 2.24) is 5.32 Å². The van der Waals surface area contributed by atoms with Crippen LogP contribution in [0.25, 0.3) is 0 Å². The standard InChI is InChI=1S/C18H22N2O7/c1-11(16(21)19-14-6-4-3-5-7-14)27-18(23)13-8-12(17(22)26-2)9-15(10-13)20(24)25/h8-11,14H,3-7H2,1-2H3,(H,19,21)/t11-/m0/s1. The van der Waals surface area contributed by atoms with Gasteiger partial charge in [-0.2, -0.15) is 0 Å². The Morgan fingerprint density at radius 2 is 1.70 bits per heavy atom. The molecule has 1 aromatic rings. The summed E-state index contributed by atoms with van der Waals surface area (Å²) < 4.78 is 9.65. The predicted octanol–water partition coefficient (Wildman–Crippen LogP) is 2.38. The molecule has 146 valence electrons. The van der Waals surface area contributed by atoms with E-state index >= 15 is 0 Å². The van der Waals surface area contributed by atoms with E-state index in [-0.39, 0.29) is 17.2 Å². The zero-order valence-electron chi connectivity index (χ0n) is 15.2. The van der Waals surface area contributed by atoms with Gasteiger partial charge in [0.2, 0.25) is 0 Å². The summed E-state index contributed by atoms with van der Waals surface area (Å²) in [5.41, 5.74) is -0.816. The Balaban J connectivity index is 2.09. The van der Waals surface area contributed by atoms with Crippen molar-refractivity contribution in [3.63, 3.8) is 0 Å². The van der Waals surface area contributed by atoms with Crippen LogP contribution in [-0.4, -0.2) is 42.0 Å². The number of nitro groups is 1. The largest absolute Gasteiger partial charge is 0.465 e. The number of carbonyl (C=O) groups excluding carboxylic acids is 3. The molecule has 27 heavy (non-hydrogen) atoms. The van der Waals surface area contributed by atoms with Crippen LogP contribution in [-0.2, 0) is 14.3 Å². The summed E-state index contributed by atoms with van der Waals surface area (Å²) in [6.45, 7) is 1.43. The summed E-state index contributed by atoms with van der Waals surface area (Å²) in [7, 11) is 1.12. The van der Waals surface area contributed by atoms with E-state index in [0.717, 1.165) is 57.4 Å². The van der Waals surface area contributed by atoms with E-state index in [1.54, 1.807) is 0 Å². The number of esters is 2. The number of amides is 1. The molecule has 1 fully saturated rings. The molecule has 0 aromatic heterocycles. The van der Waals surface area contributed by atoms with Crippen LogP contribution in [0.3, 0.4) is 0 Å². The van der Waals surface area contributed by atoms with Crippen LogP contribution < -0.4 is 5.32 Å². The predicted molar refractivity (Wildman–Crippen MR) is 94.3 cm³/mol. The van der Waals surface area contributed by atoms with Crippen LogP contribution in [0.15, 0.2) is 18.2 Å². The number of benzene rings is 1. The Morgan fingerprint density at radius 1 is 1.11 bits per heavy atom. The lowest BCUT2D eigenvalue weighted by molar-refractivity contribution is -0.384. The fraction of sp³-hybridized carbons (Fsp3) is 0.500. The Bertz CT molecular complexity index is 741. The quantitative estimate of drug-likeness (QED) is 0.457. The number of nitrogens with one attached hydrogen (secondary N) is 1. The molecule has 9 nitrogen and oxygen atoms in total. The van der Waals surface area contributed by atoms with Gasteiger partial charge in [0.25, 0.3) is 11.6 Å². The zero-order valence-corrected chi connectivity index (χ0v) is 15.2. The number of rotatable bonds is 6. The normalized spacial score (nSPS) is 15.5. The first-order chi connectivity index (χ1) is 12.8. The maximum absolute atomic E-state index is 12.3. The van der Waals surface area contributed by atoms with E-state index in [2.05, 4.69) is 10.1 Å². The number of methoxy groups -OCH3 is 1. The van der Waals surface area contributed by atoms with Crippen molar-refractivity contribution in [3.8, 4) is 0 Å². The van der Waals surface area contributed by atoms with Crippen LogP contribution in [0.2, 0.25) is 0 Å². The summed E-state index contributed by atoms with van der Waals surface area (Å²) in [5, 5.41) is 13.9. The third kappa shape index (κ3) is 5.50. The molecule has 1 atom stereocenters. The van der Waals surface area contributed by atoms with Crippen molar-refractivity contribution in [3.05, 3.63) is 39.4 Å². The maximum Gasteiger partial charge on any atom is 0.339 e. The minimum absolute atomic E-state index is 0.0659. The third-order valence-corrected chi connectivity index (χ3v) is 4.39. The first-order valence-corrected chi connectivity index (χ1v) is 8.71. The van der Waals surface area contributed by atoms with E-state index in [1.807, 2.05) is 0 Å². The highest BCUT2D eigenvalue weighted by Gasteiger charge is 2.25. The highest BCUT2D eigenvalue weighted by Crippen LogP contribution is 2.20. The van der Waals surface area contributed by atoms with Crippen LogP contribution in [0.1, 0.15) is 59.7 Å². The molecular formula is C18H22N2O7. The molecule has 0 heterocycles. The van der Waals surface area contributed by atoms with Gasteiger partial charge in [0.1, 0.15) is 0 Å². The monoisotopic (exact) mass is 378 g/mol. The molecular weight excluding hydrogens is 356 g/mol. The minimum atomic E-state index is -1.07. The molecule has 0 saturated heterocycles. The zero-order chi connectivity index (χ0) is 20.0. The van der Waals surface area contributed by atoms with Crippen molar-refractivity contribution in [2.75, 3.05) is 7.11 Å². The van der Waals surface area contributed by atoms with Gasteiger partial charge < -0.3 is 14.8 Å². The average Bonchev–Trinajstić information content (AvgIpc) is 2.67. The van der Waals surface area contributed by atoms with Gasteiger partial charge in [-0.1, -0.05) is 19.3 Å². The molecule has 0 spiro atoms. The molecule has 0 radical (unpaired) electrons. The Labute approximate surface area is 156 Å². The van der Waals surface area contributed by atoms with Crippen LogP contribution in [0, 0.1) is 10.1 Å². The second-order valence-corrected chi connectivity index (χ2v) is 6.41. The summed E-state index contributed by atoms with van der Waals surface area (Å²) in [6.07, 6.45) is 3.94. The maximum atomic E-state index is 12.3. The summed E-state index contributed by atoms with van der Waals surface area (Å²) in [6, 6.07) is 3.19. The molecule has 1 N–H and O–H groups in total. The van der Waals surface area contributed by atoms with Gasteiger partial charge in [-0.05, 0) is 25.8 Å². The number of hydrogen-bond donors (Lipinski definition) is 1. The topological polar surface area (TPSA) is 125 Å². The first kappa shape index (κ1) is 20.3. The lowest BCUT2D eigenvalue weighted by Crippen LogP contribution is -2.42. The highest BCUT2D eigenvalue weighted by atomic mass is 16.6. The molecule has 0 aliphatic heterocycles. The molecule has 9 heteroatoms. The van der Waals surface area contributed by atoms with Crippen molar-refractivity contribution >= 4 is 23.5 Å². The van der Waals surface area contributed by atoms with Crippen molar-refractivity contribution in [2.24, 2.45) is 0 Å². The first-order valence-electron chi connectivity index (χ1n) is 8.71. The van der Waals surface area contributed by atoms with Gasteiger partial charge >= 0.3 is 11.9 Å². The molecule has 1 aliphatic carbocycles. The third-order valence-electron chi connectivity index (χ3n) is 4.39. The van der Waals surface area contributed by atoms with Crippen LogP contribution in [0.4, 0.5) is 5.69 Å². The molecule has 2 rings (SSSR count). The number of nitro benzene ring substituents is 1. The van der Waals surface area contributed by atoms with Gasteiger partial charge in [0.05, 0.1) is 23.2 Å². The van der Waals surface area contributed by atoms with E-state index in [4.69, 9.17) is 4.74 Å². The Morgan fingerprint density at radius 3 is 2.26 bits per heavy atom. The molecule has 1 saturated carbocycles. The van der Waals surface area contributed by atoms with Gasteiger partial charge in [0, 0.05) is 18.2 Å². The molecule has 0 bridgehead atoms. The minimum Gasteiger partial charge on any atom is -0.465 e. The number of carbonyl (C=O) groups is 3. The lowest BCUT2D eigenvalue weighted by atomic mass is 9.95. The van der Waals surface area contributed by atoms with Crippen molar-refractivity contribution in [1.29, 1.82) is 0 Å². The van der Waals surface area contributed by atoms with Gasteiger partial charge in [-0.15, -0.1) is 0 Å². The van der Waals surface area contributed by atoms with Crippen LogP contribution in [0.5, 0.6) is 0 Å². The fourth-order valence-corrected chi connectivity index (χ4v) is 2.92. The van der Waals surface area contributed by atoms with E-state index < -0.39 is 34.6 Å². The average molecular weight is 378 g/mol. The highest BCUT2D eigenvalue weighted by molar-refractivity contribution is 5.97. The number of nitrogens with zero attached hydrogens (tertiary/aromatic N) is 1.